The summed E-state index contributed by atoms with van der Waals surface area (Å²) in [4.78, 5) is 25.1. The number of hydrogen-bond donors (Lipinski definition) is 0. The Morgan fingerprint density at radius 2 is 1.94 bits per heavy atom. The molecule has 0 aliphatic heterocycles. The third kappa shape index (κ3) is 2.13. The van der Waals surface area contributed by atoms with Crippen LogP contribution in [0.25, 0.3) is 5.69 Å². The lowest BCUT2D eigenvalue weighted by Gasteiger charge is -2.02. The van der Waals surface area contributed by atoms with Gasteiger partial charge >= 0.3 is 5.82 Å². The second-order valence-corrected chi connectivity index (χ2v) is 3.88. The van der Waals surface area contributed by atoms with Gasteiger partial charge in [-0.1, -0.05) is 0 Å². The van der Waals surface area contributed by atoms with Gasteiger partial charge in [-0.2, -0.15) is 0 Å². The van der Waals surface area contributed by atoms with Crippen LogP contribution in [0.15, 0.2) is 30.5 Å². The van der Waals surface area contributed by atoms with E-state index < -0.39 is 4.92 Å². The Hall–Kier alpha value is -2.50. The molecule has 0 saturated heterocycles. The van der Waals surface area contributed by atoms with E-state index >= 15 is 0 Å². The summed E-state index contributed by atoms with van der Waals surface area (Å²) < 4.78 is 1.61. The molecule has 0 aliphatic carbocycles. The third-order valence-corrected chi connectivity index (χ3v) is 2.61. The molecule has 92 valence electrons. The minimum Gasteiger partial charge on any atom is -0.358 e. The Morgan fingerprint density at radius 1 is 1.33 bits per heavy atom. The monoisotopic (exact) mass is 245 g/mol. The van der Waals surface area contributed by atoms with Crippen molar-refractivity contribution < 1.29 is 9.72 Å². The van der Waals surface area contributed by atoms with E-state index in [9.17, 15) is 14.9 Å². The van der Waals surface area contributed by atoms with Crippen molar-refractivity contribution in [2.45, 2.75) is 13.8 Å². The van der Waals surface area contributed by atoms with E-state index in [0.717, 1.165) is 5.69 Å². The third-order valence-electron chi connectivity index (χ3n) is 2.61. The standard InChI is InChI=1S/C12H11N3O3/c1-8(16)10-3-5-11(6-4-10)14-7-12(15(17)18)13-9(14)2/h3-7H,1-2H3. The first-order valence-electron chi connectivity index (χ1n) is 5.31. The molecule has 1 heterocycles. The lowest BCUT2D eigenvalue weighted by atomic mass is 10.1. The van der Waals surface area contributed by atoms with Gasteiger partial charge in [0.05, 0.1) is 0 Å². The minimum atomic E-state index is -0.534. The molecule has 2 aromatic rings. The van der Waals surface area contributed by atoms with E-state index in [0.29, 0.717) is 11.4 Å². The topological polar surface area (TPSA) is 78.0 Å². The minimum absolute atomic E-state index is 0.0186. The first kappa shape index (κ1) is 12.0. The number of aromatic nitrogens is 2. The summed E-state index contributed by atoms with van der Waals surface area (Å²) in [5, 5.41) is 10.6. The van der Waals surface area contributed by atoms with Gasteiger partial charge in [0.25, 0.3) is 0 Å². The molecular formula is C12H11N3O3. The molecule has 2 rings (SSSR count). The largest absolute Gasteiger partial charge is 0.382 e. The summed E-state index contributed by atoms with van der Waals surface area (Å²) in [5.74, 6) is 0.315. The average molecular weight is 245 g/mol. The van der Waals surface area contributed by atoms with Crippen LogP contribution in [0.1, 0.15) is 23.1 Å². The number of nitro groups is 1. The van der Waals surface area contributed by atoms with Crippen molar-refractivity contribution in [1.29, 1.82) is 0 Å². The van der Waals surface area contributed by atoms with Gasteiger partial charge in [0, 0.05) is 18.2 Å². The fourth-order valence-electron chi connectivity index (χ4n) is 1.66. The summed E-state index contributed by atoms with van der Waals surface area (Å²) in [7, 11) is 0. The summed E-state index contributed by atoms with van der Waals surface area (Å²) >= 11 is 0. The summed E-state index contributed by atoms with van der Waals surface area (Å²) in [6.45, 7) is 3.17. The highest BCUT2D eigenvalue weighted by Crippen LogP contribution is 2.17. The molecule has 18 heavy (non-hydrogen) atoms. The predicted molar refractivity (Wildman–Crippen MR) is 65.0 cm³/mol. The van der Waals surface area contributed by atoms with Crippen LogP contribution in [0.3, 0.4) is 0 Å². The number of ketones is 1. The maximum absolute atomic E-state index is 11.1. The van der Waals surface area contributed by atoms with E-state index in [1.165, 1.54) is 13.1 Å². The second-order valence-electron chi connectivity index (χ2n) is 3.88. The zero-order valence-corrected chi connectivity index (χ0v) is 9.95. The van der Waals surface area contributed by atoms with Crippen LogP contribution in [0.2, 0.25) is 0 Å². The number of aryl methyl sites for hydroxylation is 1. The maximum atomic E-state index is 11.1. The molecule has 0 amide bonds. The average Bonchev–Trinajstić information content (AvgIpc) is 2.71. The van der Waals surface area contributed by atoms with Crippen LogP contribution in [0.4, 0.5) is 5.82 Å². The molecule has 0 atom stereocenters. The van der Waals surface area contributed by atoms with Gasteiger partial charge in [-0.15, -0.1) is 0 Å². The van der Waals surface area contributed by atoms with Crippen LogP contribution in [-0.2, 0) is 0 Å². The van der Waals surface area contributed by atoms with Gasteiger partial charge < -0.3 is 10.1 Å². The molecule has 1 aromatic carbocycles. The highest BCUT2D eigenvalue weighted by atomic mass is 16.6. The summed E-state index contributed by atoms with van der Waals surface area (Å²) in [5.41, 5.74) is 1.34. The van der Waals surface area contributed by atoms with Crippen LogP contribution in [-0.4, -0.2) is 20.3 Å². The molecule has 0 N–H and O–H groups in total. The Balaban J connectivity index is 2.42. The number of hydrogen-bond acceptors (Lipinski definition) is 4. The van der Waals surface area contributed by atoms with E-state index in [2.05, 4.69) is 4.98 Å². The fourth-order valence-corrected chi connectivity index (χ4v) is 1.66. The maximum Gasteiger partial charge on any atom is 0.382 e. The summed E-state index contributed by atoms with van der Waals surface area (Å²) in [6.07, 6.45) is 1.36. The van der Waals surface area contributed by atoms with Gasteiger partial charge in [0.15, 0.2) is 5.78 Å². The second kappa shape index (κ2) is 4.40. The number of carbonyl (C=O) groups excluding carboxylic acids is 1. The summed E-state index contributed by atoms with van der Waals surface area (Å²) in [6, 6.07) is 6.83. The molecule has 0 spiro atoms. The molecule has 6 nitrogen and oxygen atoms in total. The highest BCUT2D eigenvalue weighted by molar-refractivity contribution is 5.94. The number of carbonyl (C=O) groups is 1. The van der Waals surface area contributed by atoms with Crippen molar-refractivity contribution in [2.24, 2.45) is 0 Å². The van der Waals surface area contributed by atoms with E-state index in [1.54, 1.807) is 35.8 Å². The van der Waals surface area contributed by atoms with Crippen molar-refractivity contribution in [3.63, 3.8) is 0 Å². The normalized spacial score (nSPS) is 10.3. The van der Waals surface area contributed by atoms with Gasteiger partial charge in [0.2, 0.25) is 5.82 Å². The first-order chi connectivity index (χ1) is 8.49. The Morgan fingerprint density at radius 3 is 2.39 bits per heavy atom. The number of benzene rings is 1. The van der Waals surface area contributed by atoms with Crippen LogP contribution >= 0.6 is 0 Å². The molecule has 0 fully saturated rings. The van der Waals surface area contributed by atoms with Gasteiger partial charge in [-0.3, -0.25) is 9.36 Å². The van der Waals surface area contributed by atoms with E-state index in [-0.39, 0.29) is 11.6 Å². The van der Waals surface area contributed by atoms with E-state index in [1.807, 2.05) is 0 Å². The van der Waals surface area contributed by atoms with Crippen molar-refractivity contribution in [3.8, 4) is 5.69 Å². The smallest absolute Gasteiger partial charge is 0.358 e. The van der Waals surface area contributed by atoms with Gasteiger partial charge in [0.1, 0.15) is 6.20 Å². The first-order valence-corrected chi connectivity index (χ1v) is 5.31. The molecule has 0 aliphatic rings. The fraction of sp³-hybridized carbons (Fsp3) is 0.167. The SMILES string of the molecule is CC(=O)c1ccc(-n2cc([N+](=O)[O-])nc2C)cc1. The molecule has 6 heteroatoms. The lowest BCUT2D eigenvalue weighted by Crippen LogP contribution is -1.97. The zero-order chi connectivity index (χ0) is 13.3. The Bertz CT molecular complexity index is 614. The van der Waals surface area contributed by atoms with Crippen LogP contribution in [0.5, 0.6) is 0 Å². The van der Waals surface area contributed by atoms with Gasteiger partial charge in [-0.25, -0.2) is 0 Å². The number of imidazole rings is 1. The van der Waals surface area contributed by atoms with Crippen molar-refractivity contribution in [3.05, 3.63) is 52.0 Å². The molecule has 1 aromatic heterocycles. The molecular weight excluding hydrogens is 234 g/mol. The molecule has 0 unspecified atom stereocenters. The molecule has 0 saturated carbocycles. The van der Waals surface area contributed by atoms with Crippen LogP contribution in [0, 0.1) is 17.0 Å². The highest BCUT2D eigenvalue weighted by Gasteiger charge is 2.16. The Labute approximate surface area is 103 Å². The Kier molecular flexibility index (Phi) is 2.93. The van der Waals surface area contributed by atoms with Crippen LogP contribution < -0.4 is 0 Å². The number of nitrogens with zero attached hydrogens (tertiary/aromatic N) is 3. The predicted octanol–water partition coefficient (Wildman–Crippen LogP) is 2.29. The van der Waals surface area contributed by atoms with Crippen molar-refractivity contribution in [2.75, 3.05) is 0 Å². The quantitative estimate of drug-likeness (QED) is 0.472. The van der Waals surface area contributed by atoms with Crippen molar-refractivity contribution >= 4 is 11.6 Å². The number of rotatable bonds is 3. The van der Waals surface area contributed by atoms with Crippen molar-refractivity contribution in [1.82, 2.24) is 9.55 Å². The van der Waals surface area contributed by atoms with Gasteiger partial charge in [-0.05, 0) is 41.1 Å². The lowest BCUT2D eigenvalue weighted by molar-refractivity contribution is -0.389. The number of Topliss-reactive ketones (excluding diaryl/α,β-unsaturated/α-hetero) is 1. The zero-order valence-electron chi connectivity index (χ0n) is 9.95. The van der Waals surface area contributed by atoms with E-state index in [4.69, 9.17) is 0 Å². The molecule has 0 radical (unpaired) electrons. The molecule has 0 bridgehead atoms.